The molecule has 0 spiro atoms. The number of ether oxygens (including phenoxy) is 3. The number of nitrogens with one attached hydrogen (secondary N) is 1. The number of amidine groups is 1. The normalized spacial score (nSPS) is 21.7. The van der Waals surface area contributed by atoms with Gasteiger partial charge in [-0.1, -0.05) is 19.9 Å². The number of esters is 1. The van der Waals surface area contributed by atoms with Crippen molar-refractivity contribution in [3.8, 4) is 5.75 Å². The van der Waals surface area contributed by atoms with Crippen molar-refractivity contribution >= 4 is 23.6 Å². The number of anilines is 1. The number of hydrazone groups is 1. The highest BCUT2D eigenvalue weighted by Gasteiger charge is 2.44. The number of carbonyl (C=O) groups is 1. The summed E-state index contributed by atoms with van der Waals surface area (Å²) in [6, 6.07) is 10.7. The fourth-order valence-corrected chi connectivity index (χ4v) is 5.77. The SMILES string of the molecule is COC(=O)C1(c2cc(F)cc(OCc3ccc4c(c3)C=CC3=NNC(C)(CC(C)C)N34)c2)CCOCC1. The van der Waals surface area contributed by atoms with E-state index >= 15 is 0 Å². The van der Waals surface area contributed by atoms with Crippen LogP contribution in [0.1, 0.15) is 56.7 Å². The Morgan fingerprint density at radius 2 is 1.97 bits per heavy atom. The van der Waals surface area contributed by atoms with E-state index in [9.17, 15) is 9.18 Å². The molecule has 196 valence electrons. The van der Waals surface area contributed by atoms with Gasteiger partial charge in [0.15, 0.2) is 5.84 Å². The third-order valence-corrected chi connectivity index (χ3v) is 7.44. The van der Waals surface area contributed by atoms with Crippen molar-refractivity contribution in [1.29, 1.82) is 0 Å². The predicted octanol–water partition coefficient (Wildman–Crippen LogP) is 5.14. The van der Waals surface area contributed by atoms with Crippen molar-refractivity contribution in [3.63, 3.8) is 0 Å². The highest BCUT2D eigenvalue weighted by molar-refractivity contribution is 6.13. The number of fused-ring (bicyclic) bond motifs is 3. The first kappa shape index (κ1) is 25.3. The van der Waals surface area contributed by atoms with Gasteiger partial charge in [0, 0.05) is 19.3 Å². The maximum atomic E-state index is 14.7. The van der Waals surface area contributed by atoms with Gasteiger partial charge in [0.1, 0.15) is 23.8 Å². The molecule has 3 aliphatic heterocycles. The number of carbonyl (C=O) groups excluding carboxylic acids is 1. The predicted molar refractivity (Wildman–Crippen MR) is 141 cm³/mol. The maximum absolute atomic E-state index is 14.7. The smallest absolute Gasteiger partial charge is 0.316 e. The van der Waals surface area contributed by atoms with Gasteiger partial charge in [0.05, 0.1) is 18.2 Å². The van der Waals surface area contributed by atoms with Gasteiger partial charge in [0.2, 0.25) is 0 Å². The van der Waals surface area contributed by atoms with Crippen LogP contribution in [0.15, 0.2) is 47.6 Å². The topological polar surface area (TPSA) is 72.4 Å². The lowest BCUT2D eigenvalue weighted by Crippen LogP contribution is -2.53. The molecule has 5 rings (SSSR count). The van der Waals surface area contributed by atoms with E-state index in [4.69, 9.17) is 14.2 Å². The molecule has 3 heterocycles. The third-order valence-electron chi connectivity index (χ3n) is 7.44. The van der Waals surface area contributed by atoms with Gasteiger partial charge in [-0.25, -0.2) is 4.39 Å². The Kier molecular flexibility index (Phi) is 6.70. The van der Waals surface area contributed by atoms with Crippen LogP contribution in [0.3, 0.4) is 0 Å². The standard InChI is InChI=1S/C29H34FN3O4/c1-19(2)17-28(3)32-31-26-8-6-21-13-20(5-7-25(21)33(26)28)18-37-24-15-22(14-23(30)16-24)29(27(34)35-4)9-11-36-12-10-29/h5-8,13-16,19,32H,9-12,17-18H2,1-4H3. The fourth-order valence-electron chi connectivity index (χ4n) is 5.77. The van der Waals surface area contributed by atoms with E-state index in [-0.39, 0.29) is 18.2 Å². The maximum Gasteiger partial charge on any atom is 0.316 e. The van der Waals surface area contributed by atoms with E-state index in [1.54, 1.807) is 6.07 Å². The van der Waals surface area contributed by atoms with E-state index in [1.165, 1.54) is 19.2 Å². The molecule has 1 unspecified atom stereocenters. The minimum Gasteiger partial charge on any atom is -0.489 e. The van der Waals surface area contributed by atoms with Gasteiger partial charge in [-0.15, -0.1) is 0 Å². The quantitative estimate of drug-likeness (QED) is 0.524. The molecule has 1 N–H and O–H groups in total. The number of hydrogen-bond acceptors (Lipinski definition) is 7. The highest BCUT2D eigenvalue weighted by Crippen LogP contribution is 2.39. The van der Waals surface area contributed by atoms with Crippen LogP contribution in [0.5, 0.6) is 5.75 Å². The second-order valence-electron chi connectivity index (χ2n) is 10.7. The Morgan fingerprint density at radius 3 is 2.70 bits per heavy atom. The van der Waals surface area contributed by atoms with Crippen molar-refractivity contribution in [3.05, 3.63) is 65.0 Å². The first-order chi connectivity index (χ1) is 17.7. The Morgan fingerprint density at radius 1 is 1.19 bits per heavy atom. The number of hydrogen-bond donors (Lipinski definition) is 1. The van der Waals surface area contributed by atoms with Crippen molar-refractivity contribution in [1.82, 2.24) is 5.43 Å². The molecule has 8 heteroatoms. The number of rotatable bonds is 7. The van der Waals surface area contributed by atoms with Crippen LogP contribution in [0, 0.1) is 11.7 Å². The van der Waals surface area contributed by atoms with Gasteiger partial charge in [-0.3, -0.25) is 15.1 Å². The molecule has 7 nitrogen and oxygen atoms in total. The zero-order valence-electron chi connectivity index (χ0n) is 21.8. The molecule has 37 heavy (non-hydrogen) atoms. The zero-order valence-corrected chi connectivity index (χ0v) is 21.8. The summed E-state index contributed by atoms with van der Waals surface area (Å²) in [5.74, 6) is 0.955. The highest BCUT2D eigenvalue weighted by atomic mass is 19.1. The first-order valence-corrected chi connectivity index (χ1v) is 12.8. The summed E-state index contributed by atoms with van der Waals surface area (Å²) >= 11 is 0. The largest absolute Gasteiger partial charge is 0.489 e. The first-order valence-electron chi connectivity index (χ1n) is 12.8. The van der Waals surface area contributed by atoms with Gasteiger partial charge < -0.3 is 14.2 Å². The van der Waals surface area contributed by atoms with Crippen LogP contribution in [0.2, 0.25) is 0 Å². The van der Waals surface area contributed by atoms with E-state index in [1.807, 2.05) is 12.1 Å². The van der Waals surface area contributed by atoms with E-state index in [0.717, 1.165) is 29.1 Å². The van der Waals surface area contributed by atoms with Gasteiger partial charge >= 0.3 is 5.97 Å². The average molecular weight is 508 g/mol. The summed E-state index contributed by atoms with van der Waals surface area (Å²) in [6.45, 7) is 7.68. The molecule has 0 radical (unpaired) electrons. The summed E-state index contributed by atoms with van der Waals surface area (Å²) in [7, 11) is 1.36. The van der Waals surface area contributed by atoms with E-state index in [2.05, 4.69) is 54.4 Å². The summed E-state index contributed by atoms with van der Waals surface area (Å²) < 4.78 is 31.3. The van der Waals surface area contributed by atoms with Crippen LogP contribution in [0.4, 0.5) is 10.1 Å². The van der Waals surface area contributed by atoms with Gasteiger partial charge in [0.25, 0.3) is 0 Å². The van der Waals surface area contributed by atoms with Crippen molar-refractivity contribution in [2.75, 3.05) is 25.2 Å². The summed E-state index contributed by atoms with van der Waals surface area (Å²) in [5, 5.41) is 4.55. The second kappa shape index (κ2) is 9.82. The van der Waals surface area contributed by atoms with Gasteiger partial charge in [-0.05, 0) is 85.2 Å². The lowest BCUT2D eigenvalue weighted by atomic mass is 9.74. The van der Waals surface area contributed by atoms with Crippen LogP contribution in [0.25, 0.3) is 6.08 Å². The summed E-state index contributed by atoms with van der Waals surface area (Å²) in [6.07, 6.45) is 5.89. The number of halogens is 1. The molecule has 0 amide bonds. The number of benzene rings is 2. The van der Waals surface area contributed by atoms with Crippen LogP contribution < -0.4 is 15.1 Å². The van der Waals surface area contributed by atoms with E-state index < -0.39 is 11.2 Å². The molecular weight excluding hydrogens is 473 g/mol. The summed E-state index contributed by atoms with van der Waals surface area (Å²) in [5.41, 5.74) is 5.78. The molecule has 0 saturated carbocycles. The lowest BCUT2D eigenvalue weighted by molar-refractivity contribution is -0.151. The van der Waals surface area contributed by atoms with Crippen LogP contribution in [-0.2, 0) is 26.3 Å². The summed E-state index contributed by atoms with van der Waals surface area (Å²) in [4.78, 5) is 15.0. The minimum atomic E-state index is -0.935. The molecular formula is C29H34FN3O4. The van der Waals surface area contributed by atoms with E-state index in [0.29, 0.717) is 43.3 Å². The Hall–Kier alpha value is -3.39. The van der Waals surface area contributed by atoms with Crippen LogP contribution >= 0.6 is 0 Å². The second-order valence-corrected chi connectivity index (χ2v) is 10.7. The average Bonchev–Trinajstić information content (AvgIpc) is 3.22. The molecule has 1 fully saturated rings. The molecule has 1 atom stereocenters. The lowest BCUT2D eigenvalue weighted by Gasteiger charge is -2.39. The van der Waals surface area contributed by atoms with Gasteiger partial charge in [-0.2, -0.15) is 5.10 Å². The molecule has 2 aromatic carbocycles. The Labute approximate surface area is 217 Å². The fraction of sp³-hybridized carbons (Fsp3) is 0.448. The molecule has 3 aliphatic rings. The molecule has 0 aromatic heterocycles. The Bertz CT molecular complexity index is 1250. The third kappa shape index (κ3) is 4.70. The minimum absolute atomic E-state index is 0.265. The number of nitrogens with zero attached hydrogens (tertiary/aromatic N) is 2. The van der Waals surface area contributed by atoms with Crippen molar-refractivity contribution in [2.45, 2.75) is 57.7 Å². The van der Waals surface area contributed by atoms with Crippen LogP contribution in [-0.4, -0.2) is 37.8 Å². The monoisotopic (exact) mass is 507 g/mol. The number of methoxy groups -OCH3 is 1. The molecule has 2 aromatic rings. The molecule has 1 saturated heterocycles. The molecule has 0 bridgehead atoms. The Balaban J connectivity index is 1.37. The molecule has 0 aliphatic carbocycles. The van der Waals surface area contributed by atoms with Crippen molar-refractivity contribution in [2.24, 2.45) is 11.0 Å². The van der Waals surface area contributed by atoms with Crippen molar-refractivity contribution < 1.29 is 23.4 Å². The zero-order chi connectivity index (χ0) is 26.2.